The summed E-state index contributed by atoms with van der Waals surface area (Å²) in [5, 5.41) is 13.1. The lowest BCUT2D eigenvalue weighted by Gasteiger charge is -2.58. The van der Waals surface area contributed by atoms with Gasteiger partial charge >= 0.3 is 5.97 Å². The zero-order valence-corrected chi connectivity index (χ0v) is 17.9. The molecule has 0 aliphatic heterocycles. The van der Waals surface area contributed by atoms with E-state index in [1.54, 1.807) is 0 Å². The smallest absolute Gasteiger partial charge is 0.309 e. The highest BCUT2D eigenvalue weighted by atomic mass is 16.5. The number of carboxylic acids is 1. The van der Waals surface area contributed by atoms with Crippen LogP contribution in [-0.4, -0.2) is 34.7 Å². The Morgan fingerprint density at radius 1 is 1.04 bits per heavy atom. The third-order valence-corrected chi connectivity index (χ3v) is 8.32. The molecular formula is C23H37NO4. The number of carbonyl (C=O) groups is 2. The predicted molar refractivity (Wildman–Crippen MR) is 107 cm³/mol. The van der Waals surface area contributed by atoms with E-state index in [4.69, 9.17) is 4.74 Å². The normalized spacial score (nSPS) is 39.7. The Kier molecular flexibility index (Phi) is 4.84. The molecule has 158 valence electrons. The quantitative estimate of drug-likeness (QED) is 0.738. The van der Waals surface area contributed by atoms with Gasteiger partial charge in [-0.05, 0) is 94.8 Å². The number of hydrogen-bond acceptors (Lipinski definition) is 3. The molecule has 0 aromatic rings. The Balaban J connectivity index is 1.38. The number of carboxylic acid groups (broad SMARTS) is 1. The van der Waals surface area contributed by atoms with Crippen molar-refractivity contribution in [1.82, 2.24) is 5.32 Å². The lowest BCUT2D eigenvalue weighted by Crippen LogP contribution is -2.63. The van der Waals surface area contributed by atoms with Gasteiger partial charge in [-0.2, -0.15) is 0 Å². The van der Waals surface area contributed by atoms with E-state index in [-0.39, 0.29) is 18.1 Å². The van der Waals surface area contributed by atoms with Gasteiger partial charge in [-0.25, -0.2) is 0 Å². The summed E-state index contributed by atoms with van der Waals surface area (Å²) in [6, 6.07) is 0.115. The van der Waals surface area contributed by atoms with Gasteiger partial charge in [-0.15, -0.1) is 0 Å². The Labute approximate surface area is 169 Å². The molecule has 2 N–H and O–H groups in total. The van der Waals surface area contributed by atoms with Crippen LogP contribution < -0.4 is 5.32 Å². The van der Waals surface area contributed by atoms with Crippen molar-refractivity contribution in [3.05, 3.63) is 0 Å². The Hall–Kier alpha value is -1.10. The number of aliphatic carboxylic acids is 1. The molecule has 0 spiro atoms. The first-order valence-corrected chi connectivity index (χ1v) is 11.2. The second-order valence-electron chi connectivity index (χ2n) is 11.5. The first-order valence-electron chi connectivity index (χ1n) is 11.2. The average Bonchev–Trinajstić information content (AvgIpc) is 2.59. The molecule has 2 atom stereocenters. The van der Waals surface area contributed by atoms with Gasteiger partial charge < -0.3 is 15.2 Å². The number of nitrogens with one attached hydrogen (secondary N) is 1. The zero-order valence-electron chi connectivity index (χ0n) is 17.9. The van der Waals surface area contributed by atoms with Crippen molar-refractivity contribution in [3.63, 3.8) is 0 Å². The number of hydrogen-bond donors (Lipinski definition) is 2. The molecule has 0 aromatic heterocycles. The van der Waals surface area contributed by atoms with Gasteiger partial charge in [0.05, 0.1) is 11.5 Å². The lowest BCUT2D eigenvalue weighted by molar-refractivity contribution is -0.170. The van der Waals surface area contributed by atoms with Crippen molar-refractivity contribution in [2.45, 2.75) is 103 Å². The fraction of sp³-hybridized carbons (Fsp3) is 0.913. The van der Waals surface area contributed by atoms with E-state index < -0.39 is 17.0 Å². The van der Waals surface area contributed by atoms with Crippen LogP contribution >= 0.6 is 0 Å². The van der Waals surface area contributed by atoms with E-state index >= 15 is 0 Å². The molecule has 28 heavy (non-hydrogen) atoms. The molecule has 0 saturated heterocycles. The van der Waals surface area contributed by atoms with Gasteiger partial charge in [-0.1, -0.05) is 13.8 Å². The summed E-state index contributed by atoms with van der Waals surface area (Å²) >= 11 is 0. The van der Waals surface area contributed by atoms with Gasteiger partial charge in [0.2, 0.25) is 0 Å². The Bertz CT molecular complexity index is 629. The van der Waals surface area contributed by atoms with E-state index in [1.165, 1.54) is 0 Å². The first-order chi connectivity index (χ1) is 13.0. The molecule has 0 heterocycles. The zero-order chi connectivity index (χ0) is 20.3. The van der Waals surface area contributed by atoms with Crippen molar-refractivity contribution >= 4 is 11.9 Å². The second kappa shape index (κ2) is 6.72. The fourth-order valence-corrected chi connectivity index (χ4v) is 6.81. The fourth-order valence-electron chi connectivity index (χ4n) is 6.81. The minimum Gasteiger partial charge on any atom is -0.481 e. The van der Waals surface area contributed by atoms with Gasteiger partial charge in [-0.3, -0.25) is 9.59 Å². The topological polar surface area (TPSA) is 75.6 Å². The summed E-state index contributed by atoms with van der Waals surface area (Å²) in [4.78, 5) is 25.0. The van der Waals surface area contributed by atoms with Crippen LogP contribution in [0.4, 0.5) is 0 Å². The minimum atomic E-state index is -0.842. The van der Waals surface area contributed by atoms with Gasteiger partial charge in [0.25, 0.3) is 5.91 Å². The average molecular weight is 392 g/mol. The van der Waals surface area contributed by atoms with E-state index in [9.17, 15) is 14.7 Å². The number of amides is 1. The van der Waals surface area contributed by atoms with Crippen molar-refractivity contribution in [3.8, 4) is 0 Å². The molecule has 0 aromatic carbocycles. The third-order valence-electron chi connectivity index (χ3n) is 8.32. The molecule has 5 heteroatoms. The van der Waals surface area contributed by atoms with Crippen LogP contribution in [0.25, 0.3) is 0 Å². The summed E-state index contributed by atoms with van der Waals surface area (Å²) in [5.74, 6) is 0.478. The largest absolute Gasteiger partial charge is 0.481 e. The molecule has 5 aliphatic carbocycles. The molecule has 5 saturated carbocycles. The van der Waals surface area contributed by atoms with Gasteiger partial charge in [0.15, 0.2) is 0 Å². The van der Waals surface area contributed by atoms with Crippen LogP contribution in [0.15, 0.2) is 0 Å². The predicted octanol–water partition coefficient (Wildman–Crippen LogP) is 4.15. The monoisotopic (exact) mass is 391 g/mol. The number of rotatable bonds is 5. The lowest BCUT2D eigenvalue weighted by atomic mass is 9.48. The van der Waals surface area contributed by atoms with E-state index in [2.05, 4.69) is 19.2 Å². The molecule has 1 amide bonds. The third kappa shape index (κ3) is 3.59. The van der Waals surface area contributed by atoms with E-state index in [1.807, 2.05) is 13.8 Å². The highest BCUT2D eigenvalue weighted by Gasteiger charge is 2.59. The van der Waals surface area contributed by atoms with Crippen LogP contribution in [0.1, 0.15) is 85.5 Å². The van der Waals surface area contributed by atoms with Gasteiger partial charge in [0.1, 0.15) is 5.60 Å². The number of carbonyl (C=O) groups excluding carboxylic acids is 1. The second-order valence-corrected chi connectivity index (χ2v) is 11.5. The summed E-state index contributed by atoms with van der Waals surface area (Å²) in [6.07, 6.45) is 8.87. The number of ether oxygens (including phenoxy) is 1. The molecule has 5 nitrogen and oxygen atoms in total. The molecule has 0 radical (unpaired) electrons. The van der Waals surface area contributed by atoms with Crippen molar-refractivity contribution in [2.24, 2.45) is 28.6 Å². The molecule has 5 rings (SSSR count). The standard InChI is InChI=1S/C23H37NO4/c1-21(2)7-5-17(6-8-21)28-22(3,4)19(25)24-18-15-9-14-10-16(18)13-23(11-14,12-15)20(26)27/h14-18H,5-13H2,1-4H3,(H,24,25)(H,26,27). The van der Waals surface area contributed by atoms with Crippen molar-refractivity contribution in [1.29, 1.82) is 0 Å². The summed E-state index contributed by atoms with van der Waals surface area (Å²) < 4.78 is 6.28. The minimum absolute atomic E-state index is 0.0285. The van der Waals surface area contributed by atoms with Crippen LogP contribution in [0.5, 0.6) is 0 Å². The Morgan fingerprint density at radius 2 is 1.61 bits per heavy atom. The highest BCUT2D eigenvalue weighted by Crippen LogP contribution is 2.60. The first kappa shape index (κ1) is 20.2. The molecule has 5 aliphatic rings. The molecule has 5 fully saturated rings. The highest BCUT2D eigenvalue weighted by molar-refractivity contribution is 5.84. The van der Waals surface area contributed by atoms with E-state index in [0.717, 1.165) is 57.8 Å². The molecule has 4 bridgehead atoms. The maximum absolute atomic E-state index is 13.1. The van der Waals surface area contributed by atoms with Crippen molar-refractivity contribution < 1.29 is 19.4 Å². The maximum atomic E-state index is 13.1. The summed E-state index contributed by atoms with van der Waals surface area (Å²) in [7, 11) is 0. The van der Waals surface area contributed by atoms with Crippen LogP contribution in [-0.2, 0) is 14.3 Å². The van der Waals surface area contributed by atoms with Crippen LogP contribution in [0.2, 0.25) is 0 Å². The SMILES string of the molecule is CC1(C)CCC(OC(C)(C)C(=O)NC2C3CC4CC2CC(C(=O)O)(C4)C3)CC1. The summed E-state index contributed by atoms with van der Waals surface area (Å²) in [5.41, 5.74) is -0.989. The van der Waals surface area contributed by atoms with Crippen LogP contribution in [0, 0.1) is 28.6 Å². The molecular weight excluding hydrogens is 354 g/mol. The molecule has 2 unspecified atom stereocenters. The van der Waals surface area contributed by atoms with Crippen LogP contribution in [0.3, 0.4) is 0 Å². The van der Waals surface area contributed by atoms with E-state index in [0.29, 0.717) is 23.2 Å². The summed E-state index contributed by atoms with van der Waals surface area (Å²) in [6.45, 7) is 8.38. The Morgan fingerprint density at radius 3 is 2.14 bits per heavy atom. The van der Waals surface area contributed by atoms with Gasteiger partial charge in [0, 0.05) is 6.04 Å². The van der Waals surface area contributed by atoms with Crippen molar-refractivity contribution in [2.75, 3.05) is 0 Å². The maximum Gasteiger partial charge on any atom is 0.309 e.